The third-order valence-electron chi connectivity index (χ3n) is 3.93. The summed E-state index contributed by atoms with van der Waals surface area (Å²) < 4.78 is 30.3. The molecule has 5 nitrogen and oxygen atoms in total. The van der Waals surface area contributed by atoms with Crippen LogP contribution < -0.4 is 5.32 Å². The van der Waals surface area contributed by atoms with Crippen molar-refractivity contribution in [2.24, 2.45) is 0 Å². The zero-order valence-corrected chi connectivity index (χ0v) is 15.1. The number of hydrogen-bond acceptors (Lipinski definition) is 4. The van der Waals surface area contributed by atoms with Crippen molar-refractivity contribution in [2.45, 2.75) is 24.1 Å². The first-order valence-electron chi connectivity index (χ1n) is 8.13. The third kappa shape index (κ3) is 4.40. The predicted octanol–water partition coefficient (Wildman–Crippen LogP) is 3.49. The number of hydrogen-bond donors (Lipinski definition) is 1. The number of aryl methyl sites for hydroxylation is 1. The van der Waals surface area contributed by atoms with Gasteiger partial charge in [0.2, 0.25) is 0 Å². The maximum Gasteiger partial charge on any atom is 0.251 e. The number of amides is 1. The van der Waals surface area contributed by atoms with E-state index in [9.17, 15) is 13.2 Å². The standard InChI is InChI=1S/C20H19NO4S/c1-15-7-9-19(10-8-15)26(23,24)14-16-4-2-5-17(12-16)20(22)21-13-18-6-3-11-25-18/h2-12H,13-14H2,1H3,(H,21,22). The number of rotatable bonds is 6. The molecule has 0 fully saturated rings. The first-order chi connectivity index (χ1) is 12.4. The molecule has 0 saturated heterocycles. The lowest BCUT2D eigenvalue weighted by molar-refractivity contribution is 0.0948. The second-order valence-electron chi connectivity index (χ2n) is 6.03. The zero-order valence-electron chi connectivity index (χ0n) is 14.3. The van der Waals surface area contributed by atoms with E-state index in [0.717, 1.165) is 5.56 Å². The SMILES string of the molecule is Cc1ccc(S(=O)(=O)Cc2cccc(C(=O)NCc3ccco3)c2)cc1. The summed E-state index contributed by atoms with van der Waals surface area (Å²) in [6, 6.07) is 16.9. The number of carbonyl (C=O) groups is 1. The monoisotopic (exact) mass is 369 g/mol. The molecule has 0 unspecified atom stereocenters. The normalized spacial score (nSPS) is 11.3. The first kappa shape index (κ1) is 17.9. The van der Waals surface area contributed by atoms with E-state index >= 15 is 0 Å². The van der Waals surface area contributed by atoms with Crippen LogP contribution in [0.25, 0.3) is 0 Å². The molecule has 2 aromatic carbocycles. The van der Waals surface area contributed by atoms with Crippen LogP contribution in [0.5, 0.6) is 0 Å². The molecule has 3 aromatic rings. The molecule has 0 atom stereocenters. The Kier molecular flexibility index (Phi) is 5.23. The minimum atomic E-state index is -3.47. The van der Waals surface area contributed by atoms with E-state index in [1.54, 1.807) is 60.7 Å². The largest absolute Gasteiger partial charge is 0.467 e. The Hall–Kier alpha value is -2.86. The molecule has 3 rings (SSSR count). The summed E-state index contributed by atoms with van der Waals surface area (Å²) in [6.07, 6.45) is 1.54. The van der Waals surface area contributed by atoms with Gasteiger partial charge in [-0.2, -0.15) is 0 Å². The molecule has 0 radical (unpaired) electrons. The second kappa shape index (κ2) is 7.58. The van der Waals surface area contributed by atoms with E-state index in [2.05, 4.69) is 5.32 Å². The van der Waals surface area contributed by atoms with Gasteiger partial charge in [0, 0.05) is 5.56 Å². The van der Waals surface area contributed by atoms with Crippen molar-refractivity contribution in [3.63, 3.8) is 0 Å². The summed E-state index contributed by atoms with van der Waals surface area (Å²) in [4.78, 5) is 12.5. The molecule has 134 valence electrons. The molecular weight excluding hydrogens is 350 g/mol. The van der Waals surface area contributed by atoms with Crippen molar-refractivity contribution in [3.05, 3.63) is 89.4 Å². The van der Waals surface area contributed by atoms with Gasteiger partial charge in [-0.25, -0.2) is 8.42 Å². The number of carbonyl (C=O) groups excluding carboxylic acids is 1. The Morgan fingerprint density at radius 1 is 1.04 bits per heavy atom. The van der Waals surface area contributed by atoms with E-state index < -0.39 is 9.84 Å². The fourth-order valence-electron chi connectivity index (χ4n) is 2.53. The zero-order chi connectivity index (χ0) is 18.6. The minimum Gasteiger partial charge on any atom is -0.467 e. The second-order valence-corrected chi connectivity index (χ2v) is 8.02. The maximum absolute atomic E-state index is 12.6. The highest BCUT2D eigenvalue weighted by atomic mass is 32.2. The molecule has 0 aliphatic heterocycles. The fraction of sp³-hybridized carbons (Fsp3) is 0.150. The van der Waals surface area contributed by atoms with Crippen LogP contribution in [0.4, 0.5) is 0 Å². The molecular formula is C20H19NO4S. The number of nitrogens with one attached hydrogen (secondary N) is 1. The molecule has 1 heterocycles. The number of sulfone groups is 1. The molecule has 0 aliphatic carbocycles. The van der Waals surface area contributed by atoms with Gasteiger partial charge in [-0.15, -0.1) is 0 Å². The molecule has 0 bridgehead atoms. The van der Waals surface area contributed by atoms with Crippen LogP contribution in [0.3, 0.4) is 0 Å². The summed E-state index contributed by atoms with van der Waals surface area (Å²) in [5.74, 6) is 0.211. The topological polar surface area (TPSA) is 76.4 Å². The summed E-state index contributed by atoms with van der Waals surface area (Å²) in [7, 11) is -3.47. The highest BCUT2D eigenvalue weighted by Crippen LogP contribution is 2.18. The van der Waals surface area contributed by atoms with Crippen molar-refractivity contribution in [2.75, 3.05) is 0 Å². The number of furan rings is 1. The van der Waals surface area contributed by atoms with Gasteiger partial charge >= 0.3 is 0 Å². The lowest BCUT2D eigenvalue weighted by atomic mass is 10.1. The van der Waals surface area contributed by atoms with Crippen LogP contribution in [0.15, 0.2) is 76.2 Å². The molecule has 26 heavy (non-hydrogen) atoms. The molecule has 0 aliphatic rings. The van der Waals surface area contributed by atoms with Crippen LogP contribution in [-0.2, 0) is 22.1 Å². The lowest BCUT2D eigenvalue weighted by Gasteiger charge is -2.08. The average molecular weight is 369 g/mol. The summed E-state index contributed by atoms with van der Waals surface area (Å²) in [5, 5.41) is 2.75. The predicted molar refractivity (Wildman–Crippen MR) is 98.4 cm³/mol. The van der Waals surface area contributed by atoms with Gasteiger partial charge < -0.3 is 9.73 Å². The van der Waals surface area contributed by atoms with Crippen LogP contribution >= 0.6 is 0 Å². The van der Waals surface area contributed by atoms with Gasteiger partial charge in [0.25, 0.3) is 5.91 Å². The van der Waals surface area contributed by atoms with Crippen LogP contribution in [-0.4, -0.2) is 14.3 Å². The Morgan fingerprint density at radius 2 is 1.81 bits per heavy atom. The quantitative estimate of drug-likeness (QED) is 0.722. The summed E-state index contributed by atoms with van der Waals surface area (Å²) >= 11 is 0. The van der Waals surface area contributed by atoms with Gasteiger partial charge in [0.15, 0.2) is 9.84 Å². The van der Waals surface area contributed by atoms with Crippen molar-refractivity contribution in [3.8, 4) is 0 Å². The molecule has 1 amide bonds. The molecule has 0 spiro atoms. The van der Waals surface area contributed by atoms with Gasteiger partial charge in [0.05, 0.1) is 23.5 Å². The molecule has 0 saturated carbocycles. The minimum absolute atomic E-state index is 0.157. The Bertz CT molecular complexity index is 991. The van der Waals surface area contributed by atoms with E-state index in [0.29, 0.717) is 16.9 Å². The fourth-order valence-corrected chi connectivity index (χ4v) is 3.87. The van der Waals surface area contributed by atoms with Crippen LogP contribution in [0.2, 0.25) is 0 Å². The van der Waals surface area contributed by atoms with E-state index in [-0.39, 0.29) is 23.1 Å². The van der Waals surface area contributed by atoms with Gasteiger partial charge in [-0.3, -0.25) is 4.79 Å². The average Bonchev–Trinajstić information content (AvgIpc) is 3.13. The Labute approximate surface area is 152 Å². The van der Waals surface area contributed by atoms with Gasteiger partial charge in [0.1, 0.15) is 5.76 Å². The van der Waals surface area contributed by atoms with E-state index in [1.165, 1.54) is 6.26 Å². The highest BCUT2D eigenvalue weighted by molar-refractivity contribution is 7.90. The molecule has 1 aromatic heterocycles. The Morgan fingerprint density at radius 3 is 2.50 bits per heavy atom. The van der Waals surface area contributed by atoms with Gasteiger partial charge in [-0.1, -0.05) is 29.8 Å². The van der Waals surface area contributed by atoms with Gasteiger partial charge in [-0.05, 0) is 48.9 Å². The van der Waals surface area contributed by atoms with E-state index in [4.69, 9.17) is 4.42 Å². The Balaban J connectivity index is 1.72. The van der Waals surface area contributed by atoms with Crippen LogP contribution in [0, 0.1) is 6.92 Å². The third-order valence-corrected chi connectivity index (χ3v) is 5.63. The summed E-state index contributed by atoms with van der Waals surface area (Å²) in [6.45, 7) is 2.18. The molecule has 6 heteroatoms. The smallest absolute Gasteiger partial charge is 0.251 e. The van der Waals surface area contributed by atoms with E-state index in [1.807, 2.05) is 6.92 Å². The number of benzene rings is 2. The molecule has 1 N–H and O–H groups in total. The van der Waals surface area contributed by atoms with Crippen molar-refractivity contribution < 1.29 is 17.6 Å². The first-order valence-corrected chi connectivity index (χ1v) is 9.78. The van der Waals surface area contributed by atoms with Crippen molar-refractivity contribution in [1.29, 1.82) is 0 Å². The highest BCUT2D eigenvalue weighted by Gasteiger charge is 2.16. The van der Waals surface area contributed by atoms with Crippen molar-refractivity contribution >= 4 is 15.7 Å². The van der Waals surface area contributed by atoms with Crippen LogP contribution in [0.1, 0.15) is 27.2 Å². The maximum atomic E-state index is 12.6. The lowest BCUT2D eigenvalue weighted by Crippen LogP contribution is -2.22. The summed E-state index contributed by atoms with van der Waals surface area (Å²) in [5.41, 5.74) is 1.98. The van der Waals surface area contributed by atoms with Crippen molar-refractivity contribution in [1.82, 2.24) is 5.32 Å².